The summed E-state index contributed by atoms with van der Waals surface area (Å²) >= 11 is 0. The summed E-state index contributed by atoms with van der Waals surface area (Å²) in [6, 6.07) is 23.7. The van der Waals surface area contributed by atoms with Gasteiger partial charge >= 0.3 is 0 Å². The van der Waals surface area contributed by atoms with Crippen LogP contribution in [0.25, 0.3) is 0 Å². The predicted octanol–water partition coefficient (Wildman–Crippen LogP) is 0.734. The van der Waals surface area contributed by atoms with Gasteiger partial charge in [-0.2, -0.15) is 0 Å². The van der Waals surface area contributed by atoms with Gasteiger partial charge in [-0.15, -0.1) is 0 Å². The van der Waals surface area contributed by atoms with Crippen molar-refractivity contribution in [1.29, 1.82) is 0 Å². The molecule has 5 heteroatoms. The number of ether oxygens (including phenoxy) is 1. The number of nitrogens with two attached hydrogens (primary N) is 4. The van der Waals surface area contributed by atoms with Crippen LogP contribution >= 0.6 is 0 Å². The van der Waals surface area contributed by atoms with Gasteiger partial charge in [0.25, 0.3) is 11.7 Å². The summed E-state index contributed by atoms with van der Waals surface area (Å²) < 4.78 is 5.96. The third-order valence-corrected chi connectivity index (χ3v) is 4.92. The molecule has 0 unspecified atom stereocenters. The van der Waals surface area contributed by atoms with E-state index in [2.05, 4.69) is 50.2 Å². The third-order valence-electron chi connectivity index (χ3n) is 4.92. The van der Waals surface area contributed by atoms with E-state index >= 15 is 0 Å². The van der Waals surface area contributed by atoms with E-state index in [1.165, 1.54) is 11.1 Å². The minimum absolute atomic E-state index is 0.105. The highest BCUT2D eigenvalue weighted by atomic mass is 16.5. The van der Waals surface area contributed by atoms with Gasteiger partial charge in [-0.25, -0.2) is 0 Å². The summed E-state index contributed by atoms with van der Waals surface area (Å²) in [5, 5.41) is 11.4. The summed E-state index contributed by atoms with van der Waals surface area (Å²) in [5.41, 5.74) is 14.9. The van der Waals surface area contributed by atoms with Crippen molar-refractivity contribution in [3.05, 3.63) is 95.1 Å². The van der Waals surface area contributed by atoms with Crippen LogP contribution in [0.2, 0.25) is 0 Å². The molecule has 142 valence electrons. The maximum Gasteiger partial charge on any atom is 0.271 e. The molecule has 0 fully saturated rings. The lowest BCUT2D eigenvalue weighted by Gasteiger charge is -2.26. The van der Waals surface area contributed by atoms with Gasteiger partial charge in [0.1, 0.15) is 11.5 Å². The van der Waals surface area contributed by atoms with Crippen LogP contribution in [0.4, 0.5) is 0 Å². The average molecular weight is 374 g/mol. The first-order chi connectivity index (χ1) is 13.3. The van der Waals surface area contributed by atoms with Crippen LogP contribution in [0.5, 0.6) is 11.5 Å². The van der Waals surface area contributed by atoms with Crippen molar-refractivity contribution in [3.8, 4) is 11.5 Å². The molecule has 0 aromatic heterocycles. The van der Waals surface area contributed by atoms with E-state index in [1.54, 1.807) is 18.2 Å². The maximum absolute atomic E-state index is 5.96. The Balaban J connectivity index is 1.84. The van der Waals surface area contributed by atoms with Gasteiger partial charge in [0.2, 0.25) is 0 Å². The molecule has 3 aromatic rings. The van der Waals surface area contributed by atoms with Gasteiger partial charge in [-0.1, -0.05) is 56.3 Å². The Labute approximate surface area is 165 Å². The van der Waals surface area contributed by atoms with Gasteiger partial charge in [0.05, 0.1) is 11.1 Å². The second-order valence-corrected chi connectivity index (χ2v) is 7.24. The number of rotatable bonds is 6. The average Bonchev–Trinajstić information content (AvgIpc) is 2.69. The van der Waals surface area contributed by atoms with Gasteiger partial charge in [0.15, 0.2) is 0 Å². The summed E-state index contributed by atoms with van der Waals surface area (Å²) in [5.74, 6) is 1.60. The molecule has 0 spiro atoms. The van der Waals surface area contributed by atoms with Gasteiger partial charge in [-0.05, 0) is 41.5 Å². The van der Waals surface area contributed by atoms with Crippen molar-refractivity contribution in [2.45, 2.75) is 19.3 Å². The molecule has 0 atom stereocenters. The molecule has 0 heterocycles. The Bertz CT molecular complexity index is 1010. The summed E-state index contributed by atoms with van der Waals surface area (Å²) in [6.45, 7) is 4.41. The predicted molar refractivity (Wildman–Crippen MR) is 112 cm³/mol. The van der Waals surface area contributed by atoms with Crippen molar-refractivity contribution in [3.63, 3.8) is 0 Å². The van der Waals surface area contributed by atoms with Crippen molar-refractivity contribution in [2.75, 3.05) is 0 Å². The van der Waals surface area contributed by atoms with E-state index in [9.17, 15) is 0 Å². The molecule has 0 amide bonds. The molecule has 0 bridgehead atoms. The number of hydrogen-bond donors (Lipinski definition) is 4. The molecule has 3 aromatic carbocycles. The van der Waals surface area contributed by atoms with Gasteiger partial charge in [-0.3, -0.25) is 22.3 Å². The van der Waals surface area contributed by atoms with Crippen LogP contribution in [-0.2, 0) is 5.41 Å². The molecule has 0 aliphatic heterocycles. The minimum Gasteiger partial charge on any atom is -0.457 e. The van der Waals surface area contributed by atoms with Gasteiger partial charge < -0.3 is 4.74 Å². The van der Waals surface area contributed by atoms with E-state index in [0.717, 1.165) is 0 Å². The van der Waals surface area contributed by atoms with Crippen molar-refractivity contribution >= 4 is 11.7 Å². The SMILES string of the molecule is CC(C)(c1ccccc1)c1ccc(Oc2ccc(C(N)=[NH2+])c(C(N)=[NH2+])c2)cc1. The molecule has 5 nitrogen and oxygen atoms in total. The fourth-order valence-electron chi connectivity index (χ4n) is 3.17. The standard InChI is InChI=1S/C23H24N4O/c1-23(2,15-6-4-3-5-7-15)16-8-10-17(11-9-16)28-18-12-13-19(21(24)25)20(14-18)22(26)27/h3-14H,1-2H3,(H3,24,25)(H3,26,27)/p+2. The number of hydrogen-bond acceptors (Lipinski definition) is 1. The lowest BCUT2D eigenvalue weighted by atomic mass is 9.78. The Hall–Kier alpha value is -3.60. The largest absolute Gasteiger partial charge is 0.457 e. The quantitative estimate of drug-likeness (QED) is 0.377. The zero-order valence-electron chi connectivity index (χ0n) is 16.1. The van der Waals surface area contributed by atoms with Crippen LogP contribution < -0.4 is 27.0 Å². The summed E-state index contributed by atoms with van der Waals surface area (Å²) in [6.07, 6.45) is 0. The molecular formula is C23H26N4O+2. The maximum atomic E-state index is 5.96. The first-order valence-corrected chi connectivity index (χ1v) is 9.03. The Kier molecular flexibility index (Phi) is 5.18. The summed E-state index contributed by atoms with van der Waals surface area (Å²) in [4.78, 5) is 0. The van der Waals surface area contributed by atoms with Crippen LogP contribution in [0.3, 0.4) is 0 Å². The second-order valence-electron chi connectivity index (χ2n) is 7.24. The molecule has 0 aliphatic rings. The topological polar surface area (TPSA) is 112 Å². The molecule has 0 saturated heterocycles. The molecular weight excluding hydrogens is 348 g/mol. The lowest BCUT2D eigenvalue weighted by Crippen LogP contribution is -2.50. The van der Waals surface area contributed by atoms with Crippen molar-refractivity contribution in [2.24, 2.45) is 11.5 Å². The fourth-order valence-corrected chi connectivity index (χ4v) is 3.17. The van der Waals surface area contributed by atoms with Crippen LogP contribution in [0.15, 0.2) is 72.8 Å². The molecule has 28 heavy (non-hydrogen) atoms. The van der Waals surface area contributed by atoms with Crippen LogP contribution in [0, 0.1) is 0 Å². The van der Waals surface area contributed by atoms with Gasteiger partial charge in [0, 0.05) is 5.41 Å². The summed E-state index contributed by atoms with van der Waals surface area (Å²) in [7, 11) is 0. The van der Waals surface area contributed by atoms with Crippen LogP contribution in [-0.4, -0.2) is 11.7 Å². The zero-order chi connectivity index (χ0) is 20.3. The zero-order valence-corrected chi connectivity index (χ0v) is 16.1. The van der Waals surface area contributed by atoms with E-state index in [1.807, 2.05) is 18.2 Å². The smallest absolute Gasteiger partial charge is 0.271 e. The van der Waals surface area contributed by atoms with E-state index in [4.69, 9.17) is 27.0 Å². The monoisotopic (exact) mass is 374 g/mol. The number of benzene rings is 3. The van der Waals surface area contributed by atoms with Crippen molar-refractivity contribution < 1.29 is 15.6 Å². The van der Waals surface area contributed by atoms with Crippen molar-refractivity contribution in [1.82, 2.24) is 0 Å². The molecule has 0 saturated carbocycles. The lowest BCUT2D eigenvalue weighted by molar-refractivity contribution is -0.116. The Morgan fingerprint density at radius 2 is 1.25 bits per heavy atom. The highest BCUT2D eigenvalue weighted by molar-refractivity contribution is 6.06. The second kappa shape index (κ2) is 7.56. The molecule has 0 radical (unpaired) electrons. The van der Waals surface area contributed by atoms with Crippen LogP contribution in [0.1, 0.15) is 36.1 Å². The highest BCUT2D eigenvalue weighted by Crippen LogP contribution is 2.33. The van der Waals surface area contributed by atoms with E-state index in [-0.39, 0.29) is 17.1 Å². The Morgan fingerprint density at radius 1 is 0.714 bits per heavy atom. The minimum atomic E-state index is -0.105. The number of amidine groups is 2. The first kappa shape index (κ1) is 19.2. The highest BCUT2D eigenvalue weighted by Gasteiger charge is 2.22. The third kappa shape index (κ3) is 3.88. The first-order valence-electron chi connectivity index (χ1n) is 9.03. The van der Waals surface area contributed by atoms with E-state index in [0.29, 0.717) is 22.6 Å². The van der Waals surface area contributed by atoms with E-state index < -0.39 is 0 Å². The molecule has 8 N–H and O–H groups in total. The fraction of sp³-hybridized carbons (Fsp3) is 0.130. The molecule has 0 aliphatic carbocycles. The normalized spacial score (nSPS) is 11.1. The molecule has 3 rings (SSSR count). The Morgan fingerprint density at radius 3 is 1.82 bits per heavy atom.